The molecule has 1 aliphatic heterocycles. The highest BCUT2D eigenvalue weighted by Crippen LogP contribution is 2.41. The van der Waals surface area contributed by atoms with Crippen molar-refractivity contribution in [3.63, 3.8) is 0 Å². The van der Waals surface area contributed by atoms with Crippen LogP contribution in [0.1, 0.15) is 50.3 Å². The molecule has 0 aliphatic carbocycles. The van der Waals surface area contributed by atoms with Crippen LogP contribution in [0.25, 0.3) is 11.0 Å². The first kappa shape index (κ1) is 25.5. The summed E-state index contributed by atoms with van der Waals surface area (Å²) in [6.45, 7) is 5.05. The Bertz CT molecular complexity index is 1400. The molecular formula is C31H33N3O4. The normalized spacial score (nSPS) is 16.9. The number of hydrogen-bond donors (Lipinski definition) is 0. The Morgan fingerprint density at radius 2 is 1.66 bits per heavy atom. The highest BCUT2D eigenvalue weighted by atomic mass is 16.5. The van der Waals surface area contributed by atoms with Crippen molar-refractivity contribution < 1.29 is 19.1 Å². The van der Waals surface area contributed by atoms with Crippen LogP contribution in [0.4, 0.5) is 5.95 Å². The lowest BCUT2D eigenvalue weighted by molar-refractivity contribution is -0.153. The van der Waals surface area contributed by atoms with Crippen LogP contribution in [-0.4, -0.2) is 34.6 Å². The lowest BCUT2D eigenvalue weighted by Gasteiger charge is -2.38. The maximum atomic E-state index is 13.9. The van der Waals surface area contributed by atoms with Crippen molar-refractivity contribution in [1.82, 2.24) is 9.55 Å². The number of imidazole rings is 1. The number of aromatic nitrogens is 2. The van der Waals surface area contributed by atoms with Gasteiger partial charge < -0.3 is 14.0 Å². The molecule has 0 fully saturated rings. The third-order valence-electron chi connectivity index (χ3n) is 6.94. The van der Waals surface area contributed by atoms with Crippen molar-refractivity contribution in [3.8, 4) is 5.75 Å². The molecule has 0 saturated heterocycles. The molecule has 0 saturated carbocycles. The number of rotatable bonds is 10. The van der Waals surface area contributed by atoms with Gasteiger partial charge in [0.2, 0.25) is 11.9 Å². The first-order valence-electron chi connectivity index (χ1n) is 13.3. The van der Waals surface area contributed by atoms with Crippen LogP contribution in [-0.2, 0) is 20.9 Å². The number of carbonyl (C=O) groups excluding carboxylic acids is 2. The van der Waals surface area contributed by atoms with Gasteiger partial charge in [0.1, 0.15) is 12.4 Å². The van der Waals surface area contributed by atoms with Crippen molar-refractivity contribution in [3.05, 3.63) is 90.0 Å². The summed E-state index contributed by atoms with van der Waals surface area (Å²) in [7, 11) is 0. The predicted molar refractivity (Wildman–Crippen MR) is 147 cm³/mol. The third-order valence-corrected chi connectivity index (χ3v) is 6.94. The number of anilines is 1. The summed E-state index contributed by atoms with van der Waals surface area (Å²) >= 11 is 0. The Morgan fingerprint density at radius 1 is 0.921 bits per heavy atom. The number of amides is 1. The topological polar surface area (TPSA) is 73.7 Å². The molecule has 5 rings (SSSR count). The molecule has 2 unspecified atom stereocenters. The van der Waals surface area contributed by atoms with Gasteiger partial charge >= 0.3 is 5.97 Å². The molecule has 3 aromatic carbocycles. The van der Waals surface area contributed by atoms with Crippen LogP contribution in [0.5, 0.6) is 5.75 Å². The number of carbonyl (C=O) groups is 2. The zero-order chi connectivity index (χ0) is 26.5. The molecule has 0 radical (unpaired) electrons. The molecule has 4 aromatic rings. The smallest absolute Gasteiger partial charge is 0.321 e. The van der Waals surface area contributed by atoms with Gasteiger partial charge in [0.25, 0.3) is 0 Å². The minimum absolute atomic E-state index is 0.203. The molecule has 0 N–H and O–H groups in total. The molecule has 0 spiro atoms. The van der Waals surface area contributed by atoms with E-state index in [0.717, 1.165) is 41.4 Å². The Hall–Kier alpha value is -4.13. The number of hydrogen-bond acceptors (Lipinski definition) is 5. The second-order valence-corrected chi connectivity index (χ2v) is 9.49. The summed E-state index contributed by atoms with van der Waals surface area (Å²) in [5, 5.41) is 0. The second-order valence-electron chi connectivity index (χ2n) is 9.49. The van der Waals surface area contributed by atoms with Gasteiger partial charge in [-0.25, -0.2) is 4.98 Å². The van der Waals surface area contributed by atoms with Gasteiger partial charge in [0.15, 0.2) is 5.92 Å². The van der Waals surface area contributed by atoms with Crippen LogP contribution in [0.2, 0.25) is 0 Å². The summed E-state index contributed by atoms with van der Waals surface area (Å²) in [6.07, 6.45) is 2.85. The standard InChI is InChI=1S/C31H33N3O4/c1-3-5-11-20-33-29(35)27(30(36)37-4-2)28(34-26-15-10-9-14-25(26)32-31(33)34)23-16-18-24(19-17-23)38-21-22-12-7-6-8-13-22/h6-10,12-19,27-28H,3-5,11,20-21H2,1-2H3. The van der Waals surface area contributed by atoms with Crippen LogP contribution in [0.15, 0.2) is 78.9 Å². The fraction of sp³-hybridized carbons (Fsp3) is 0.323. The highest BCUT2D eigenvalue weighted by Gasteiger charge is 2.47. The van der Waals surface area contributed by atoms with Gasteiger partial charge in [0.05, 0.1) is 23.7 Å². The van der Waals surface area contributed by atoms with E-state index in [1.54, 1.807) is 11.8 Å². The minimum atomic E-state index is -1.02. The van der Waals surface area contributed by atoms with E-state index in [0.29, 0.717) is 24.8 Å². The average Bonchev–Trinajstić information content (AvgIpc) is 3.33. The second kappa shape index (κ2) is 11.5. The largest absolute Gasteiger partial charge is 0.489 e. The maximum Gasteiger partial charge on any atom is 0.321 e. The molecule has 196 valence electrons. The number of esters is 1. The number of para-hydroxylation sites is 2. The summed E-state index contributed by atoms with van der Waals surface area (Å²) < 4.78 is 13.5. The number of unbranched alkanes of at least 4 members (excludes halogenated alkanes) is 2. The number of fused-ring (bicyclic) bond motifs is 3. The molecule has 7 heteroatoms. The van der Waals surface area contributed by atoms with Crippen molar-refractivity contribution >= 4 is 28.9 Å². The van der Waals surface area contributed by atoms with E-state index in [2.05, 4.69) is 6.92 Å². The molecule has 0 bridgehead atoms. The zero-order valence-corrected chi connectivity index (χ0v) is 21.9. The summed E-state index contributed by atoms with van der Waals surface area (Å²) in [6, 6.07) is 24.8. The Kier molecular flexibility index (Phi) is 7.73. The fourth-order valence-electron chi connectivity index (χ4n) is 5.08. The zero-order valence-electron chi connectivity index (χ0n) is 21.9. The monoisotopic (exact) mass is 511 g/mol. The number of nitrogens with zero attached hydrogens (tertiary/aromatic N) is 3. The van der Waals surface area contributed by atoms with Gasteiger partial charge in [-0.15, -0.1) is 0 Å². The lowest BCUT2D eigenvalue weighted by Crippen LogP contribution is -2.50. The first-order chi connectivity index (χ1) is 18.6. The van der Waals surface area contributed by atoms with Crippen molar-refractivity contribution in [2.75, 3.05) is 18.1 Å². The van der Waals surface area contributed by atoms with E-state index in [9.17, 15) is 9.59 Å². The number of ether oxygens (including phenoxy) is 2. The lowest BCUT2D eigenvalue weighted by atomic mass is 9.89. The molecule has 7 nitrogen and oxygen atoms in total. The van der Waals surface area contributed by atoms with Crippen molar-refractivity contribution in [2.24, 2.45) is 5.92 Å². The molecule has 1 amide bonds. The third kappa shape index (κ3) is 5.01. The quantitative estimate of drug-likeness (QED) is 0.150. The van der Waals surface area contributed by atoms with Crippen LogP contribution >= 0.6 is 0 Å². The predicted octanol–water partition coefficient (Wildman–Crippen LogP) is 5.92. The van der Waals surface area contributed by atoms with E-state index in [1.165, 1.54) is 0 Å². The maximum absolute atomic E-state index is 13.9. The molecule has 38 heavy (non-hydrogen) atoms. The van der Waals surface area contributed by atoms with Gasteiger partial charge in [-0.2, -0.15) is 0 Å². The Balaban J connectivity index is 1.55. The molecule has 2 heterocycles. The highest BCUT2D eigenvalue weighted by molar-refractivity contribution is 6.08. The summed E-state index contributed by atoms with van der Waals surface area (Å²) in [5.74, 6) is -0.517. The Morgan fingerprint density at radius 3 is 2.39 bits per heavy atom. The van der Waals surface area contributed by atoms with E-state index < -0.39 is 17.9 Å². The van der Waals surface area contributed by atoms with Gasteiger partial charge in [-0.1, -0.05) is 74.4 Å². The first-order valence-corrected chi connectivity index (χ1v) is 13.3. The van der Waals surface area contributed by atoms with Crippen LogP contribution in [0, 0.1) is 5.92 Å². The Labute approximate surface area is 223 Å². The van der Waals surface area contributed by atoms with E-state index in [4.69, 9.17) is 14.5 Å². The van der Waals surface area contributed by atoms with Gasteiger partial charge in [-0.3, -0.25) is 14.5 Å². The average molecular weight is 512 g/mol. The summed E-state index contributed by atoms with van der Waals surface area (Å²) in [4.78, 5) is 33.8. The van der Waals surface area contributed by atoms with Crippen molar-refractivity contribution in [2.45, 2.75) is 45.8 Å². The summed E-state index contributed by atoms with van der Waals surface area (Å²) in [5.41, 5.74) is 3.56. The molecule has 1 aromatic heterocycles. The van der Waals surface area contributed by atoms with Crippen molar-refractivity contribution in [1.29, 1.82) is 0 Å². The van der Waals surface area contributed by atoms with Gasteiger partial charge in [0, 0.05) is 6.54 Å². The van der Waals surface area contributed by atoms with E-state index >= 15 is 0 Å². The van der Waals surface area contributed by atoms with Crippen LogP contribution in [0.3, 0.4) is 0 Å². The SMILES string of the molecule is CCCCCN1C(=O)C(C(=O)OCC)C(c2ccc(OCc3ccccc3)cc2)n2c1nc1ccccc12. The molecule has 2 atom stereocenters. The van der Waals surface area contributed by atoms with Gasteiger partial charge in [-0.05, 0) is 48.7 Å². The van der Waals surface area contributed by atoms with Crippen LogP contribution < -0.4 is 9.64 Å². The fourth-order valence-corrected chi connectivity index (χ4v) is 5.08. The molecular weight excluding hydrogens is 478 g/mol. The number of benzene rings is 3. The minimum Gasteiger partial charge on any atom is -0.489 e. The van der Waals surface area contributed by atoms with E-state index in [-0.39, 0.29) is 12.5 Å². The molecule has 1 aliphatic rings. The van der Waals surface area contributed by atoms with E-state index in [1.807, 2.05) is 83.4 Å².